The second kappa shape index (κ2) is 3.79. The van der Waals surface area contributed by atoms with Crippen LogP contribution < -0.4 is 11.1 Å². The van der Waals surface area contributed by atoms with Crippen molar-refractivity contribution in [3.05, 3.63) is 28.8 Å². The van der Waals surface area contributed by atoms with Crippen molar-refractivity contribution in [1.82, 2.24) is 0 Å². The van der Waals surface area contributed by atoms with Crippen LogP contribution in [-0.2, 0) is 11.2 Å². The van der Waals surface area contributed by atoms with Crippen molar-refractivity contribution in [2.45, 2.75) is 32.4 Å². The van der Waals surface area contributed by atoms with E-state index in [1.54, 1.807) is 0 Å². The zero-order chi connectivity index (χ0) is 11.9. The molecule has 0 spiro atoms. The van der Waals surface area contributed by atoms with Gasteiger partial charge in [-0.25, -0.2) is 0 Å². The van der Waals surface area contributed by atoms with Gasteiger partial charge in [0, 0.05) is 5.69 Å². The second-order valence-corrected chi connectivity index (χ2v) is 4.43. The smallest absolute Gasteiger partial charge is 0.322 e. The number of benzene rings is 1. The third-order valence-electron chi connectivity index (χ3n) is 3.05. The van der Waals surface area contributed by atoms with Gasteiger partial charge in [0.1, 0.15) is 6.04 Å². The fourth-order valence-corrected chi connectivity index (χ4v) is 2.29. The van der Waals surface area contributed by atoms with Gasteiger partial charge in [-0.3, -0.25) is 4.79 Å². The van der Waals surface area contributed by atoms with Crippen molar-refractivity contribution in [1.29, 1.82) is 0 Å². The first-order chi connectivity index (χ1) is 7.49. The maximum atomic E-state index is 10.8. The third kappa shape index (κ3) is 1.76. The predicted octanol–water partition coefficient (Wildman–Crippen LogP) is 1.05. The molecule has 2 rings (SSSR count). The minimum absolute atomic E-state index is 0.201. The van der Waals surface area contributed by atoms with Crippen LogP contribution in [0.15, 0.2) is 12.1 Å². The van der Waals surface area contributed by atoms with Gasteiger partial charge < -0.3 is 16.2 Å². The van der Waals surface area contributed by atoms with Crippen LogP contribution in [0, 0.1) is 13.8 Å². The first kappa shape index (κ1) is 11.0. The molecule has 1 aromatic carbocycles. The summed E-state index contributed by atoms with van der Waals surface area (Å²) in [5, 5.41) is 12.1. The van der Waals surface area contributed by atoms with E-state index in [2.05, 4.69) is 17.4 Å². The van der Waals surface area contributed by atoms with E-state index < -0.39 is 12.0 Å². The molecule has 1 aliphatic heterocycles. The Morgan fingerprint density at radius 1 is 1.56 bits per heavy atom. The number of carbonyl (C=O) groups is 1. The summed E-state index contributed by atoms with van der Waals surface area (Å²) in [6, 6.07) is 3.12. The quantitative estimate of drug-likeness (QED) is 0.696. The average molecular weight is 220 g/mol. The molecule has 2 atom stereocenters. The number of hydrogen-bond donors (Lipinski definition) is 3. The second-order valence-electron chi connectivity index (χ2n) is 4.43. The number of aliphatic carboxylic acids is 1. The van der Waals surface area contributed by atoms with Crippen LogP contribution in [0.25, 0.3) is 0 Å². The topological polar surface area (TPSA) is 75.4 Å². The van der Waals surface area contributed by atoms with E-state index in [-0.39, 0.29) is 6.04 Å². The van der Waals surface area contributed by atoms with Gasteiger partial charge in [0.2, 0.25) is 0 Å². The van der Waals surface area contributed by atoms with Gasteiger partial charge in [0.25, 0.3) is 0 Å². The largest absolute Gasteiger partial charge is 0.480 e. The molecule has 0 aromatic heterocycles. The number of carboxylic acids is 1. The molecule has 0 fully saturated rings. The van der Waals surface area contributed by atoms with Crippen molar-refractivity contribution in [3.63, 3.8) is 0 Å². The molecule has 1 aliphatic rings. The number of nitrogens with one attached hydrogen (secondary N) is 1. The number of carboxylic acid groups (broad SMARTS) is 1. The summed E-state index contributed by atoms with van der Waals surface area (Å²) in [7, 11) is 0. The van der Waals surface area contributed by atoms with E-state index in [0.29, 0.717) is 6.42 Å². The molecule has 2 unspecified atom stereocenters. The van der Waals surface area contributed by atoms with Crippen molar-refractivity contribution < 1.29 is 9.90 Å². The lowest BCUT2D eigenvalue weighted by molar-refractivity contribution is -0.138. The summed E-state index contributed by atoms with van der Waals surface area (Å²) >= 11 is 0. The van der Waals surface area contributed by atoms with Gasteiger partial charge >= 0.3 is 5.97 Å². The highest BCUT2D eigenvalue weighted by molar-refractivity contribution is 5.76. The van der Waals surface area contributed by atoms with Gasteiger partial charge in [-0.05, 0) is 31.4 Å². The molecule has 4 N–H and O–H groups in total. The Bertz CT molecular complexity index is 443. The lowest BCUT2D eigenvalue weighted by Gasteiger charge is -2.15. The summed E-state index contributed by atoms with van der Waals surface area (Å²) in [6.07, 6.45) is 0.686. The van der Waals surface area contributed by atoms with E-state index in [4.69, 9.17) is 10.8 Å². The molecule has 1 heterocycles. The highest BCUT2D eigenvalue weighted by Gasteiger charge is 2.30. The maximum absolute atomic E-state index is 10.8. The van der Waals surface area contributed by atoms with Gasteiger partial charge in [-0.1, -0.05) is 17.7 Å². The summed E-state index contributed by atoms with van der Waals surface area (Å²) < 4.78 is 0. The Morgan fingerprint density at radius 2 is 2.25 bits per heavy atom. The Labute approximate surface area is 94.5 Å². The number of anilines is 1. The first-order valence-electron chi connectivity index (χ1n) is 5.34. The van der Waals surface area contributed by atoms with Gasteiger partial charge in [0.15, 0.2) is 0 Å². The summed E-state index contributed by atoms with van der Waals surface area (Å²) in [5.41, 5.74) is 10.2. The van der Waals surface area contributed by atoms with E-state index in [9.17, 15) is 4.79 Å². The summed E-state index contributed by atoms with van der Waals surface area (Å²) in [6.45, 7) is 4.06. The molecule has 4 nitrogen and oxygen atoms in total. The highest BCUT2D eigenvalue weighted by Crippen LogP contribution is 2.31. The lowest BCUT2D eigenvalue weighted by Crippen LogP contribution is -2.45. The zero-order valence-electron chi connectivity index (χ0n) is 9.45. The fourth-order valence-electron chi connectivity index (χ4n) is 2.29. The molecular formula is C12H16N2O2. The Balaban J connectivity index is 2.27. The molecule has 0 saturated carbocycles. The van der Waals surface area contributed by atoms with E-state index >= 15 is 0 Å². The van der Waals surface area contributed by atoms with Gasteiger partial charge in [0.05, 0.1) is 6.04 Å². The number of fused-ring (bicyclic) bond motifs is 1. The Kier molecular flexibility index (Phi) is 2.59. The SMILES string of the molecule is Cc1cc(C)c2c(c1)CC(C(N)C(=O)O)N2. The third-order valence-corrected chi connectivity index (χ3v) is 3.05. The molecule has 86 valence electrons. The number of rotatable bonds is 2. The average Bonchev–Trinajstić information content (AvgIpc) is 2.60. The van der Waals surface area contributed by atoms with Crippen LogP contribution in [0.4, 0.5) is 5.69 Å². The van der Waals surface area contributed by atoms with Crippen molar-refractivity contribution in [2.24, 2.45) is 5.73 Å². The predicted molar refractivity (Wildman–Crippen MR) is 62.6 cm³/mol. The monoisotopic (exact) mass is 220 g/mol. The minimum atomic E-state index is -0.959. The van der Waals surface area contributed by atoms with E-state index in [1.807, 2.05) is 13.8 Å². The number of nitrogens with two attached hydrogens (primary N) is 1. The van der Waals surface area contributed by atoms with Crippen molar-refractivity contribution >= 4 is 11.7 Å². The molecule has 0 aliphatic carbocycles. The highest BCUT2D eigenvalue weighted by atomic mass is 16.4. The molecule has 1 aromatic rings. The van der Waals surface area contributed by atoms with Crippen LogP contribution in [0.1, 0.15) is 16.7 Å². The lowest BCUT2D eigenvalue weighted by atomic mass is 10.0. The first-order valence-corrected chi connectivity index (χ1v) is 5.34. The van der Waals surface area contributed by atoms with Gasteiger partial charge in [-0.2, -0.15) is 0 Å². The maximum Gasteiger partial charge on any atom is 0.322 e. The van der Waals surface area contributed by atoms with Crippen LogP contribution >= 0.6 is 0 Å². The van der Waals surface area contributed by atoms with Crippen molar-refractivity contribution in [3.8, 4) is 0 Å². The molecule has 4 heteroatoms. The van der Waals surface area contributed by atoms with Crippen LogP contribution in [0.5, 0.6) is 0 Å². The van der Waals surface area contributed by atoms with E-state index in [1.165, 1.54) is 11.1 Å². The molecule has 0 amide bonds. The fraction of sp³-hybridized carbons (Fsp3) is 0.417. The zero-order valence-corrected chi connectivity index (χ0v) is 9.45. The summed E-state index contributed by atoms with van der Waals surface area (Å²) in [5.74, 6) is -0.959. The Hall–Kier alpha value is -1.55. The molecule has 0 radical (unpaired) electrons. The molecule has 0 bridgehead atoms. The van der Waals surface area contributed by atoms with Gasteiger partial charge in [-0.15, -0.1) is 0 Å². The standard InChI is InChI=1S/C12H16N2O2/c1-6-3-7(2)11-8(4-6)5-9(14-11)10(13)12(15)16/h3-4,9-10,14H,5,13H2,1-2H3,(H,15,16). The normalized spacial score (nSPS) is 20.1. The molecule has 16 heavy (non-hydrogen) atoms. The van der Waals surface area contributed by atoms with E-state index in [0.717, 1.165) is 11.3 Å². The molecule has 0 saturated heterocycles. The van der Waals surface area contributed by atoms with Crippen LogP contribution in [-0.4, -0.2) is 23.2 Å². The number of hydrogen-bond acceptors (Lipinski definition) is 3. The summed E-state index contributed by atoms with van der Waals surface area (Å²) in [4.78, 5) is 10.8. The van der Waals surface area contributed by atoms with Crippen LogP contribution in [0.3, 0.4) is 0 Å². The van der Waals surface area contributed by atoms with Crippen molar-refractivity contribution in [2.75, 3.05) is 5.32 Å². The minimum Gasteiger partial charge on any atom is -0.480 e. The van der Waals surface area contributed by atoms with Crippen LogP contribution in [0.2, 0.25) is 0 Å². The molecular weight excluding hydrogens is 204 g/mol. The Morgan fingerprint density at radius 3 is 2.88 bits per heavy atom. The number of aryl methyl sites for hydroxylation is 2.